The summed E-state index contributed by atoms with van der Waals surface area (Å²) in [6, 6.07) is 8.27. The highest BCUT2D eigenvalue weighted by Crippen LogP contribution is 2.34. The molecule has 6 nitrogen and oxygen atoms in total. The van der Waals surface area contributed by atoms with Crippen LogP contribution in [0.4, 0.5) is 16.3 Å². The van der Waals surface area contributed by atoms with Crippen LogP contribution in [0.1, 0.15) is 0 Å². The fourth-order valence-corrected chi connectivity index (χ4v) is 1.92. The standard InChI is InChI=1S/C14H14BrN3O3/c1-20-10-4-3-5-11(21-2)13(10)18-14(19)17-12-7-6-9(15)8-16-12/h3-8H,1-2H3,(H2,16,17,18,19). The van der Waals surface area contributed by atoms with Gasteiger partial charge in [-0.3, -0.25) is 5.32 Å². The van der Waals surface area contributed by atoms with Gasteiger partial charge in [0.1, 0.15) is 23.0 Å². The highest BCUT2D eigenvalue weighted by atomic mass is 79.9. The van der Waals surface area contributed by atoms with Crippen LogP contribution in [-0.2, 0) is 0 Å². The summed E-state index contributed by atoms with van der Waals surface area (Å²) in [5.74, 6) is 1.45. The van der Waals surface area contributed by atoms with Gasteiger partial charge >= 0.3 is 6.03 Å². The number of ether oxygens (including phenoxy) is 2. The predicted molar refractivity (Wildman–Crippen MR) is 84.1 cm³/mol. The monoisotopic (exact) mass is 351 g/mol. The van der Waals surface area contributed by atoms with Crippen molar-refractivity contribution in [3.63, 3.8) is 0 Å². The Morgan fingerprint density at radius 3 is 2.29 bits per heavy atom. The van der Waals surface area contributed by atoms with Gasteiger partial charge in [0.25, 0.3) is 0 Å². The summed E-state index contributed by atoms with van der Waals surface area (Å²) in [5.41, 5.74) is 0.456. The number of amides is 2. The normalized spacial score (nSPS) is 9.86. The second-order valence-electron chi connectivity index (χ2n) is 3.98. The summed E-state index contributed by atoms with van der Waals surface area (Å²) in [6.07, 6.45) is 1.60. The molecule has 1 aromatic heterocycles. The molecule has 0 unspecified atom stereocenters. The Hall–Kier alpha value is -2.28. The van der Waals surface area contributed by atoms with Crippen LogP contribution >= 0.6 is 15.9 Å². The van der Waals surface area contributed by atoms with Crippen molar-refractivity contribution in [1.82, 2.24) is 4.98 Å². The molecule has 0 spiro atoms. The number of hydrogen-bond acceptors (Lipinski definition) is 4. The molecule has 0 aliphatic carbocycles. The zero-order valence-corrected chi connectivity index (χ0v) is 13.1. The molecule has 0 aliphatic rings. The first-order chi connectivity index (χ1) is 10.1. The molecule has 1 heterocycles. The van der Waals surface area contributed by atoms with Crippen LogP contribution < -0.4 is 20.1 Å². The van der Waals surface area contributed by atoms with Gasteiger partial charge in [0, 0.05) is 10.7 Å². The second kappa shape index (κ2) is 6.94. The first-order valence-corrected chi connectivity index (χ1v) is 6.84. The van der Waals surface area contributed by atoms with E-state index in [0.29, 0.717) is 23.0 Å². The zero-order chi connectivity index (χ0) is 15.2. The molecule has 21 heavy (non-hydrogen) atoms. The Balaban J connectivity index is 2.14. The first-order valence-electron chi connectivity index (χ1n) is 6.04. The van der Waals surface area contributed by atoms with Crippen molar-refractivity contribution in [3.05, 3.63) is 41.0 Å². The number of aromatic nitrogens is 1. The van der Waals surface area contributed by atoms with Crippen LogP contribution in [0.15, 0.2) is 41.0 Å². The summed E-state index contributed by atoms with van der Waals surface area (Å²) < 4.78 is 11.3. The van der Waals surface area contributed by atoms with Crippen LogP contribution in [-0.4, -0.2) is 25.2 Å². The van der Waals surface area contributed by atoms with Crippen LogP contribution in [0.25, 0.3) is 0 Å². The number of pyridine rings is 1. The van der Waals surface area contributed by atoms with E-state index >= 15 is 0 Å². The number of urea groups is 1. The quantitative estimate of drug-likeness (QED) is 0.883. The van der Waals surface area contributed by atoms with E-state index in [9.17, 15) is 4.79 Å². The van der Waals surface area contributed by atoms with E-state index in [0.717, 1.165) is 4.47 Å². The summed E-state index contributed by atoms with van der Waals surface area (Å²) >= 11 is 3.28. The van der Waals surface area contributed by atoms with E-state index in [1.807, 2.05) is 0 Å². The van der Waals surface area contributed by atoms with E-state index in [-0.39, 0.29) is 0 Å². The number of nitrogens with one attached hydrogen (secondary N) is 2. The Bertz CT molecular complexity index is 610. The minimum absolute atomic E-state index is 0.435. The van der Waals surface area contributed by atoms with Gasteiger partial charge in [-0.2, -0.15) is 0 Å². The lowest BCUT2D eigenvalue weighted by Crippen LogP contribution is -2.20. The number of halogens is 1. The summed E-state index contributed by atoms with van der Waals surface area (Å²) in [7, 11) is 3.04. The van der Waals surface area contributed by atoms with Gasteiger partial charge in [0.15, 0.2) is 0 Å². The number of methoxy groups -OCH3 is 2. The highest BCUT2D eigenvalue weighted by molar-refractivity contribution is 9.10. The molecule has 0 saturated heterocycles. The lowest BCUT2D eigenvalue weighted by atomic mass is 10.2. The maximum absolute atomic E-state index is 12.0. The van der Waals surface area contributed by atoms with E-state index < -0.39 is 6.03 Å². The third kappa shape index (κ3) is 3.85. The van der Waals surface area contributed by atoms with Gasteiger partial charge in [-0.1, -0.05) is 6.07 Å². The number of carbonyl (C=O) groups is 1. The lowest BCUT2D eigenvalue weighted by Gasteiger charge is -2.14. The highest BCUT2D eigenvalue weighted by Gasteiger charge is 2.13. The number of nitrogens with zero attached hydrogens (tertiary/aromatic N) is 1. The van der Waals surface area contributed by atoms with Crippen molar-refractivity contribution in [1.29, 1.82) is 0 Å². The van der Waals surface area contributed by atoms with E-state index in [4.69, 9.17) is 9.47 Å². The smallest absolute Gasteiger partial charge is 0.325 e. The minimum Gasteiger partial charge on any atom is -0.494 e. The Labute approximate surface area is 130 Å². The maximum Gasteiger partial charge on any atom is 0.325 e. The molecule has 2 amide bonds. The molecule has 0 aliphatic heterocycles. The Morgan fingerprint density at radius 1 is 1.10 bits per heavy atom. The number of carbonyl (C=O) groups excluding carboxylic acids is 1. The SMILES string of the molecule is COc1cccc(OC)c1NC(=O)Nc1ccc(Br)cn1. The molecule has 2 rings (SSSR count). The second-order valence-corrected chi connectivity index (χ2v) is 4.89. The van der Waals surface area contributed by atoms with Gasteiger partial charge in [-0.25, -0.2) is 9.78 Å². The average Bonchev–Trinajstić information content (AvgIpc) is 2.49. The summed E-state index contributed by atoms with van der Waals surface area (Å²) in [5, 5.41) is 5.32. The fraction of sp³-hybridized carbons (Fsp3) is 0.143. The molecular formula is C14H14BrN3O3. The predicted octanol–water partition coefficient (Wildman–Crippen LogP) is 3.51. The molecule has 0 radical (unpaired) electrons. The van der Waals surface area contributed by atoms with Gasteiger partial charge in [-0.15, -0.1) is 0 Å². The van der Waals surface area contributed by atoms with Crippen molar-refractivity contribution in [3.8, 4) is 11.5 Å². The third-order valence-corrected chi connectivity index (χ3v) is 3.10. The number of anilines is 2. The Kier molecular flexibility index (Phi) is 4.99. The average molecular weight is 352 g/mol. The van der Waals surface area contributed by atoms with E-state index in [2.05, 4.69) is 31.5 Å². The fourth-order valence-electron chi connectivity index (χ4n) is 1.69. The molecule has 1 aromatic carbocycles. The maximum atomic E-state index is 12.0. The van der Waals surface area contributed by atoms with E-state index in [1.54, 1.807) is 36.5 Å². The molecule has 110 valence electrons. The molecule has 2 aromatic rings. The van der Waals surface area contributed by atoms with Crippen LogP contribution in [0.5, 0.6) is 11.5 Å². The van der Waals surface area contributed by atoms with Crippen molar-refractivity contribution in [2.75, 3.05) is 24.9 Å². The van der Waals surface area contributed by atoms with Crippen molar-refractivity contribution >= 4 is 33.5 Å². The summed E-state index contributed by atoms with van der Waals surface area (Å²) in [6.45, 7) is 0. The van der Waals surface area contributed by atoms with Crippen molar-refractivity contribution in [2.45, 2.75) is 0 Å². The van der Waals surface area contributed by atoms with Gasteiger partial charge in [0.2, 0.25) is 0 Å². The number of benzene rings is 1. The topological polar surface area (TPSA) is 72.5 Å². The van der Waals surface area contributed by atoms with Crippen LogP contribution in [0, 0.1) is 0 Å². The minimum atomic E-state index is -0.437. The molecule has 0 saturated carbocycles. The van der Waals surface area contributed by atoms with Gasteiger partial charge in [-0.05, 0) is 40.2 Å². The third-order valence-electron chi connectivity index (χ3n) is 2.64. The van der Waals surface area contributed by atoms with E-state index in [1.165, 1.54) is 14.2 Å². The van der Waals surface area contributed by atoms with Crippen LogP contribution in [0.3, 0.4) is 0 Å². The molecule has 2 N–H and O–H groups in total. The first kappa shape index (κ1) is 15.1. The summed E-state index contributed by atoms with van der Waals surface area (Å²) in [4.78, 5) is 16.1. The van der Waals surface area contributed by atoms with Crippen molar-refractivity contribution < 1.29 is 14.3 Å². The number of rotatable bonds is 4. The van der Waals surface area contributed by atoms with Gasteiger partial charge in [0.05, 0.1) is 14.2 Å². The molecule has 0 bridgehead atoms. The largest absolute Gasteiger partial charge is 0.494 e. The molecule has 0 atom stereocenters. The lowest BCUT2D eigenvalue weighted by molar-refractivity contribution is 0.261. The molecular weight excluding hydrogens is 338 g/mol. The van der Waals surface area contributed by atoms with Crippen molar-refractivity contribution in [2.24, 2.45) is 0 Å². The number of para-hydroxylation sites is 1. The van der Waals surface area contributed by atoms with Gasteiger partial charge < -0.3 is 14.8 Å². The Morgan fingerprint density at radius 2 is 1.76 bits per heavy atom. The molecule has 0 fully saturated rings. The molecule has 7 heteroatoms. The zero-order valence-electron chi connectivity index (χ0n) is 11.5. The number of hydrogen-bond donors (Lipinski definition) is 2. The van der Waals surface area contributed by atoms with Crippen LogP contribution in [0.2, 0.25) is 0 Å².